The first-order valence-electron chi connectivity index (χ1n) is 10.6. The lowest BCUT2D eigenvalue weighted by Crippen LogP contribution is -2.38. The first-order chi connectivity index (χ1) is 11.3. The van der Waals surface area contributed by atoms with E-state index in [2.05, 4.69) is 19.2 Å². The quantitative estimate of drug-likeness (QED) is 0.369. The molecule has 0 heterocycles. The number of nitrogens with one attached hydrogen (secondary N) is 1. The largest absolute Gasteiger partial charge is 0.353 e. The van der Waals surface area contributed by atoms with Crippen molar-refractivity contribution in [3.63, 3.8) is 0 Å². The molecule has 1 saturated carbocycles. The minimum Gasteiger partial charge on any atom is -0.353 e. The van der Waals surface area contributed by atoms with Gasteiger partial charge in [0.05, 0.1) is 0 Å². The summed E-state index contributed by atoms with van der Waals surface area (Å²) in [5, 5.41) is 3.40. The van der Waals surface area contributed by atoms with Crippen molar-refractivity contribution in [1.82, 2.24) is 5.32 Å². The van der Waals surface area contributed by atoms with Crippen LogP contribution in [0, 0.1) is 5.92 Å². The van der Waals surface area contributed by atoms with Crippen LogP contribution in [0.25, 0.3) is 0 Å². The average Bonchev–Trinajstić information content (AvgIpc) is 3.08. The van der Waals surface area contributed by atoms with E-state index in [-0.39, 0.29) is 0 Å². The molecule has 1 rings (SSSR count). The minimum atomic E-state index is 0.317. The summed E-state index contributed by atoms with van der Waals surface area (Å²) in [7, 11) is 0. The van der Waals surface area contributed by atoms with Gasteiger partial charge in [0.25, 0.3) is 0 Å². The molecule has 0 atom stereocenters. The fraction of sp³-hybridized carbons (Fsp3) is 0.952. The average molecular weight is 324 g/mol. The zero-order chi connectivity index (χ0) is 16.8. The molecule has 0 spiro atoms. The number of rotatable bonds is 14. The van der Waals surface area contributed by atoms with Gasteiger partial charge < -0.3 is 5.32 Å². The maximum atomic E-state index is 12.4. The van der Waals surface area contributed by atoms with E-state index in [1.165, 1.54) is 89.9 Å². The highest BCUT2D eigenvalue weighted by atomic mass is 16.1. The molecule has 1 N–H and O–H groups in total. The molecule has 1 aliphatic rings. The Kier molecular flexibility index (Phi) is 12.4. The Morgan fingerprint density at radius 1 is 0.826 bits per heavy atom. The molecule has 1 aliphatic carbocycles. The molecule has 0 bridgehead atoms. The summed E-state index contributed by atoms with van der Waals surface area (Å²) in [6.45, 7) is 4.53. The molecule has 0 radical (unpaired) electrons. The molecule has 0 aromatic heterocycles. The van der Waals surface area contributed by atoms with Gasteiger partial charge in [-0.2, -0.15) is 0 Å². The Morgan fingerprint density at radius 2 is 1.30 bits per heavy atom. The molecule has 2 nitrogen and oxygen atoms in total. The second-order valence-electron chi connectivity index (χ2n) is 7.59. The van der Waals surface area contributed by atoms with Crippen LogP contribution in [0.3, 0.4) is 0 Å². The third kappa shape index (κ3) is 10.0. The summed E-state index contributed by atoms with van der Waals surface area (Å²) in [5.74, 6) is 0.673. The number of hydrogen-bond acceptors (Lipinski definition) is 1. The summed E-state index contributed by atoms with van der Waals surface area (Å²) in [4.78, 5) is 12.4. The molecule has 2 heteroatoms. The van der Waals surface area contributed by atoms with Crippen molar-refractivity contribution in [3.05, 3.63) is 0 Å². The van der Waals surface area contributed by atoms with Crippen LogP contribution < -0.4 is 5.32 Å². The van der Waals surface area contributed by atoms with Gasteiger partial charge in [-0.25, -0.2) is 0 Å². The van der Waals surface area contributed by atoms with Crippen molar-refractivity contribution in [1.29, 1.82) is 0 Å². The van der Waals surface area contributed by atoms with Crippen molar-refractivity contribution in [2.24, 2.45) is 5.92 Å². The molecule has 1 fully saturated rings. The fourth-order valence-electron chi connectivity index (χ4n) is 3.78. The van der Waals surface area contributed by atoms with E-state index in [1.807, 2.05) is 0 Å². The standard InChI is InChI=1S/C21H41NO/c1-3-5-7-9-11-17-20(18-12-10-8-6-4-2)22-21(23)19-15-13-14-16-19/h19-20H,3-18H2,1-2H3,(H,22,23). The van der Waals surface area contributed by atoms with Gasteiger partial charge in [0, 0.05) is 12.0 Å². The summed E-state index contributed by atoms with van der Waals surface area (Å²) >= 11 is 0. The van der Waals surface area contributed by atoms with Crippen LogP contribution >= 0.6 is 0 Å². The van der Waals surface area contributed by atoms with E-state index >= 15 is 0 Å². The van der Waals surface area contributed by atoms with Crippen molar-refractivity contribution < 1.29 is 4.79 Å². The topological polar surface area (TPSA) is 29.1 Å². The van der Waals surface area contributed by atoms with Gasteiger partial charge in [-0.1, -0.05) is 90.9 Å². The van der Waals surface area contributed by atoms with E-state index in [0.717, 1.165) is 12.8 Å². The summed E-state index contributed by atoms with van der Waals surface area (Å²) < 4.78 is 0. The molecule has 0 aromatic rings. The predicted molar refractivity (Wildman–Crippen MR) is 101 cm³/mol. The second-order valence-corrected chi connectivity index (χ2v) is 7.59. The van der Waals surface area contributed by atoms with E-state index < -0.39 is 0 Å². The van der Waals surface area contributed by atoms with Crippen molar-refractivity contribution >= 4 is 5.91 Å². The third-order valence-corrected chi connectivity index (χ3v) is 5.38. The number of hydrogen-bond donors (Lipinski definition) is 1. The Hall–Kier alpha value is -0.530. The van der Waals surface area contributed by atoms with Crippen LogP contribution in [-0.4, -0.2) is 11.9 Å². The van der Waals surface area contributed by atoms with Crippen LogP contribution in [0.4, 0.5) is 0 Å². The lowest BCUT2D eigenvalue weighted by Gasteiger charge is -2.21. The number of unbranched alkanes of at least 4 members (excludes halogenated alkanes) is 8. The maximum Gasteiger partial charge on any atom is 0.223 e. The van der Waals surface area contributed by atoms with Crippen LogP contribution in [0.5, 0.6) is 0 Å². The second kappa shape index (κ2) is 13.9. The SMILES string of the molecule is CCCCCCCC(CCCCCCC)NC(=O)C1CCCC1. The first-order valence-corrected chi connectivity index (χ1v) is 10.6. The highest BCUT2D eigenvalue weighted by Crippen LogP contribution is 2.25. The van der Waals surface area contributed by atoms with Gasteiger partial charge in [-0.05, 0) is 25.7 Å². The number of amides is 1. The van der Waals surface area contributed by atoms with E-state index in [1.54, 1.807) is 0 Å². The van der Waals surface area contributed by atoms with Crippen LogP contribution in [0.15, 0.2) is 0 Å². The Bertz CT molecular complexity index is 270. The molecule has 23 heavy (non-hydrogen) atoms. The molecule has 0 aromatic carbocycles. The molecular formula is C21H41NO. The third-order valence-electron chi connectivity index (χ3n) is 5.38. The Morgan fingerprint density at radius 3 is 1.78 bits per heavy atom. The lowest BCUT2D eigenvalue weighted by molar-refractivity contribution is -0.125. The van der Waals surface area contributed by atoms with E-state index in [0.29, 0.717) is 17.9 Å². The minimum absolute atomic E-state index is 0.317. The number of carbonyl (C=O) groups is 1. The Labute approximate surface area is 145 Å². The molecule has 136 valence electrons. The van der Waals surface area contributed by atoms with Gasteiger partial charge >= 0.3 is 0 Å². The van der Waals surface area contributed by atoms with Crippen LogP contribution in [-0.2, 0) is 4.79 Å². The van der Waals surface area contributed by atoms with Crippen molar-refractivity contribution in [2.75, 3.05) is 0 Å². The summed E-state index contributed by atoms with van der Waals surface area (Å²) in [5.41, 5.74) is 0. The highest BCUT2D eigenvalue weighted by Gasteiger charge is 2.24. The molecule has 0 saturated heterocycles. The highest BCUT2D eigenvalue weighted by molar-refractivity contribution is 5.79. The van der Waals surface area contributed by atoms with Crippen molar-refractivity contribution in [3.8, 4) is 0 Å². The van der Waals surface area contributed by atoms with Gasteiger partial charge in [0.1, 0.15) is 0 Å². The normalized spacial score (nSPS) is 15.4. The fourth-order valence-corrected chi connectivity index (χ4v) is 3.78. The molecule has 0 aliphatic heterocycles. The Balaban J connectivity index is 2.26. The summed E-state index contributed by atoms with van der Waals surface area (Å²) in [6, 6.07) is 0.436. The lowest BCUT2D eigenvalue weighted by atomic mass is 9.99. The van der Waals surface area contributed by atoms with Gasteiger partial charge in [-0.3, -0.25) is 4.79 Å². The van der Waals surface area contributed by atoms with Crippen LogP contribution in [0.2, 0.25) is 0 Å². The van der Waals surface area contributed by atoms with Gasteiger partial charge in [0.2, 0.25) is 5.91 Å². The van der Waals surface area contributed by atoms with E-state index in [9.17, 15) is 4.79 Å². The number of carbonyl (C=O) groups excluding carboxylic acids is 1. The van der Waals surface area contributed by atoms with Crippen molar-refractivity contribution in [2.45, 2.75) is 123 Å². The van der Waals surface area contributed by atoms with E-state index in [4.69, 9.17) is 0 Å². The molecular weight excluding hydrogens is 282 g/mol. The zero-order valence-electron chi connectivity index (χ0n) is 15.9. The van der Waals surface area contributed by atoms with Crippen LogP contribution in [0.1, 0.15) is 117 Å². The van der Waals surface area contributed by atoms with Gasteiger partial charge in [0.15, 0.2) is 0 Å². The zero-order valence-corrected chi connectivity index (χ0v) is 15.9. The maximum absolute atomic E-state index is 12.4. The van der Waals surface area contributed by atoms with Gasteiger partial charge in [-0.15, -0.1) is 0 Å². The summed E-state index contributed by atoms with van der Waals surface area (Å²) in [6.07, 6.45) is 20.4. The molecule has 1 amide bonds. The smallest absolute Gasteiger partial charge is 0.223 e. The monoisotopic (exact) mass is 323 g/mol. The predicted octanol–water partition coefficient (Wildman–Crippen LogP) is 6.38. The molecule has 0 unspecified atom stereocenters. The first kappa shape index (κ1) is 20.5.